The summed E-state index contributed by atoms with van der Waals surface area (Å²) in [4.78, 5) is 13.3. The molecule has 0 unspecified atom stereocenters. The Balaban J connectivity index is 2.11. The highest BCUT2D eigenvalue weighted by atomic mass is 35.5. The Morgan fingerprint density at radius 3 is 2.55 bits per heavy atom. The van der Waals surface area contributed by atoms with Gasteiger partial charge in [-0.25, -0.2) is 0 Å². The maximum Gasteiger partial charge on any atom is 0.301 e. The Labute approximate surface area is 135 Å². The maximum absolute atomic E-state index is 12.1. The van der Waals surface area contributed by atoms with Crippen LogP contribution in [0.5, 0.6) is 0 Å². The summed E-state index contributed by atoms with van der Waals surface area (Å²) in [6, 6.07) is 4.42. The highest BCUT2D eigenvalue weighted by Gasteiger charge is 2.35. The second kappa shape index (κ2) is 6.41. The second-order valence-electron chi connectivity index (χ2n) is 5.18. The number of amides is 1. The van der Waals surface area contributed by atoms with Crippen molar-refractivity contribution >= 4 is 33.4 Å². The van der Waals surface area contributed by atoms with E-state index in [2.05, 4.69) is 4.72 Å². The van der Waals surface area contributed by atoms with Crippen LogP contribution >= 0.6 is 11.6 Å². The number of nitrogens with one attached hydrogen (secondary N) is 1. The smallest absolute Gasteiger partial charge is 0.301 e. The molecule has 1 fully saturated rings. The number of methoxy groups -OCH3 is 1. The van der Waals surface area contributed by atoms with Crippen LogP contribution in [0.4, 0.5) is 5.69 Å². The van der Waals surface area contributed by atoms with Gasteiger partial charge in [0, 0.05) is 34.3 Å². The van der Waals surface area contributed by atoms with E-state index >= 15 is 0 Å². The largest absolute Gasteiger partial charge is 0.379 e. The van der Waals surface area contributed by atoms with Gasteiger partial charge >= 0.3 is 10.2 Å². The minimum absolute atomic E-state index is 0.0692. The quantitative estimate of drug-likeness (QED) is 0.862. The summed E-state index contributed by atoms with van der Waals surface area (Å²) in [5, 5.41) is 0.192. The molecule has 1 amide bonds. The van der Waals surface area contributed by atoms with Gasteiger partial charge in [-0.3, -0.25) is 9.52 Å². The lowest BCUT2D eigenvalue weighted by molar-refractivity contribution is 0.0128. The van der Waals surface area contributed by atoms with Crippen molar-refractivity contribution in [3.8, 4) is 0 Å². The highest BCUT2D eigenvalue weighted by Crippen LogP contribution is 2.24. The van der Waals surface area contributed by atoms with Gasteiger partial charge in [-0.05, 0) is 18.2 Å². The second-order valence-corrected chi connectivity index (χ2v) is 7.25. The number of halogens is 1. The predicted molar refractivity (Wildman–Crippen MR) is 84.4 cm³/mol. The van der Waals surface area contributed by atoms with Gasteiger partial charge in [0.15, 0.2) is 0 Å². The minimum atomic E-state index is -3.64. The molecular formula is C13H18ClN3O4S. The molecule has 1 N–H and O–H groups in total. The average molecular weight is 348 g/mol. The van der Waals surface area contributed by atoms with Crippen LogP contribution in [0.25, 0.3) is 0 Å². The van der Waals surface area contributed by atoms with Crippen molar-refractivity contribution in [1.29, 1.82) is 0 Å². The maximum atomic E-state index is 12.1. The molecule has 122 valence electrons. The molecular weight excluding hydrogens is 330 g/mol. The number of hydrogen-bond donors (Lipinski definition) is 1. The van der Waals surface area contributed by atoms with Crippen molar-refractivity contribution in [3.63, 3.8) is 0 Å². The van der Waals surface area contributed by atoms with Gasteiger partial charge < -0.3 is 9.64 Å². The van der Waals surface area contributed by atoms with Crippen LogP contribution in [0.1, 0.15) is 10.4 Å². The molecule has 22 heavy (non-hydrogen) atoms. The number of ether oxygens (including phenoxy) is 1. The summed E-state index contributed by atoms with van der Waals surface area (Å²) in [6.07, 6.45) is -0.0692. The zero-order chi connectivity index (χ0) is 16.5. The first kappa shape index (κ1) is 17.0. The fourth-order valence-corrected chi connectivity index (χ4v) is 3.49. The Morgan fingerprint density at radius 2 is 2.05 bits per heavy atom. The fraction of sp³-hybridized carbons (Fsp3) is 0.462. The lowest BCUT2D eigenvalue weighted by Crippen LogP contribution is -2.55. The van der Waals surface area contributed by atoms with Crippen molar-refractivity contribution < 1.29 is 17.9 Å². The van der Waals surface area contributed by atoms with E-state index in [0.29, 0.717) is 24.3 Å². The van der Waals surface area contributed by atoms with Gasteiger partial charge in [0.25, 0.3) is 5.91 Å². The normalized spacial score (nSPS) is 16.2. The van der Waals surface area contributed by atoms with E-state index in [0.717, 1.165) is 0 Å². The molecule has 9 heteroatoms. The summed E-state index contributed by atoms with van der Waals surface area (Å²) in [5.41, 5.74) is 0.624. The Hall–Kier alpha value is -1.35. The monoisotopic (exact) mass is 347 g/mol. The lowest BCUT2D eigenvalue weighted by atomic mass is 10.2. The molecule has 1 aliphatic rings. The third-order valence-electron chi connectivity index (χ3n) is 3.34. The molecule has 1 aromatic carbocycles. The van der Waals surface area contributed by atoms with Crippen molar-refractivity contribution in [3.05, 3.63) is 28.8 Å². The van der Waals surface area contributed by atoms with E-state index < -0.39 is 10.2 Å². The first-order valence-corrected chi connectivity index (χ1v) is 8.38. The summed E-state index contributed by atoms with van der Waals surface area (Å²) in [5.74, 6) is -0.245. The van der Waals surface area contributed by atoms with Gasteiger partial charge in [-0.15, -0.1) is 0 Å². The first-order chi connectivity index (χ1) is 10.2. The zero-order valence-corrected chi connectivity index (χ0v) is 14.1. The molecule has 0 aliphatic carbocycles. The van der Waals surface area contributed by atoms with Crippen molar-refractivity contribution in [2.45, 2.75) is 6.10 Å². The number of benzene rings is 1. The molecule has 1 aliphatic heterocycles. The highest BCUT2D eigenvalue weighted by molar-refractivity contribution is 7.90. The van der Waals surface area contributed by atoms with E-state index in [1.807, 2.05) is 0 Å². The van der Waals surface area contributed by atoms with Gasteiger partial charge in [0.2, 0.25) is 0 Å². The Morgan fingerprint density at radius 1 is 1.41 bits per heavy atom. The van der Waals surface area contributed by atoms with Gasteiger partial charge in [0.1, 0.15) is 0 Å². The van der Waals surface area contributed by atoms with E-state index in [4.69, 9.17) is 16.3 Å². The Bertz CT molecular complexity index is 672. The summed E-state index contributed by atoms with van der Waals surface area (Å²) in [6.45, 7) is 0.632. The number of hydrogen-bond acceptors (Lipinski definition) is 4. The summed E-state index contributed by atoms with van der Waals surface area (Å²) in [7, 11) is 1.14. The number of anilines is 1. The number of carbonyl (C=O) groups excluding carboxylic acids is 1. The molecule has 2 rings (SSSR count). The van der Waals surface area contributed by atoms with E-state index in [1.54, 1.807) is 21.2 Å². The molecule has 0 aromatic heterocycles. The van der Waals surface area contributed by atoms with Crippen LogP contribution in [0, 0.1) is 0 Å². The Kier molecular flexibility index (Phi) is 4.96. The first-order valence-electron chi connectivity index (χ1n) is 6.56. The van der Waals surface area contributed by atoms with Gasteiger partial charge in [0.05, 0.1) is 22.4 Å². The van der Waals surface area contributed by atoms with Crippen LogP contribution in [0.2, 0.25) is 5.02 Å². The van der Waals surface area contributed by atoms with Gasteiger partial charge in [-0.2, -0.15) is 12.7 Å². The minimum Gasteiger partial charge on any atom is -0.379 e. The molecule has 1 saturated heterocycles. The van der Waals surface area contributed by atoms with Crippen LogP contribution < -0.4 is 4.72 Å². The predicted octanol–water partition coefficient (Wildman–Crippen LogP) is 1.03. The van der Waals surface area contributed by atoms with Crippen LogP contribution in [-0.2, 0) is 14.9 Å². The van der Waals surface area contributed by atoms with Crippen molar-refractivity contribution in [1.82, 2.24) is 9.21 Å². The zero-order valence-electron chi connectivity index (χ0n) is 12.5. The van der Waals surface area contributed by atoms with E-state index in [9.17, 15) is 13.2 Å². The third-order valence-corrected chi connectivity index (χ3v) is 5.12. The number of nitrogens with zero attached hydrogens (tertiary/aromatic N) is 2. The van der Waals surface area contributed by atoms with Crippen LogP contribution in [0.3, 0.4) is 0 Å². The molecule has 0 spiro atoms. The molecule has 0 radical (unpaired) electrons. The molecule has 0 bridgehead atoms. The molecule has 0 saturated carbocycles. The van der Waals surface area contributed by atoms with Gasteiger partial charge in [-0.1, -0.05) is 11.6 Å². The summed E-state index contributed by atoms with van der Waals surface area (Å²) < 4.78 is 33.0. The van der Waals surface area contributed by atoms with Crippen molar-refractivity contribution in [2.24, 2.45) is 0 Å². The van der Waals surface area contributed by atoms with E-state index in [-0.39, 0.29) is 17.0 Å². The molecule has 0 atom stereocenters. The molecule has 7 nitrogen and oxygen atoms in total. The number of rotatable bonds is 5. The van der Waals surface area contributed by atoms with Crippen LogP contribution in [0.15, 0.2) is 18.2 Å². The fourth-order valence-electron chi connectivity index (χ4n) is 1.95. The number of carbonyl (C=O) groups is 1. The average Bonchev–Trinajstić information content (AvgIpc) is 2.35. The topological polar surface area (TPSA) is 79.0 Å². The van der Waals surface area contributed by atoms with Crippen LogP contribution in [-0.4, -0.2) is 63.9 Å². The van der Waals surface area contributed by atoms with E-state index in [1.165, 1.54) is 27.4 Å². The lowest BCUT2D eigenvalue weighted by Gasteiger charge is -2.36. The third kappa shape index (κ3) is 3.52. The SMILES string of the molecule is COC1CN(S(=O)(=O)Nc2ccc(C(=O)N(C)C)c(Cl)c2)C1. The van der Waals surface area contributed by atoms with Crippen molar-refractivity contribution in [2.75, 3.05) is 39.0 Å². The molecule has 1 aromatic rings. The summed E-state index contributed by atoms with van der Waals surface area (Å²) >= 11 is 6.05. The standard InChI is InChI=1S/C13H18ClN3O4S/c1-16(2)13(18)11-5-4-9(6-12(11)14)15-22(19,20)17-7-10(8-17)21-3/h4-6,10,15H,7-8H2,1-3H3. The molecule has 1 heterocycles.